The van der Waals surface area contributed by atoms with Crippen LogP contribution in [0.5, 0.6) is 5.75 Å². The molecule has 2 unspecified atom stereocenters. The van der Waals surface area contributed by atoms with Crippen molar-refractivity contribution < 1.29 is 19.0 Å². The molecule has 0 fully saturated rings. The van der Waals surface area contributed by atoms with Crippen LogP contribution < -0.4 is 10.5 Å². The molecule has 0 aliphatic rings. The molecule has 2 aromatic carbocycles. The van der Waals surface area contributed by atoms with Crippen molar-refractivity contribution in [1.82, 2.24) is 0 Å². The molecular weight excluding hydrogens is 273 g/mol. The summed E-state index contributed by atoms with van der Waals surface area (Å²) in [6.45, 7) is -0.260. The number of primary amides is 1. The van der Waals surface area contributed by atoms with E-state index in [2.05, 4.69) is 0 Å². The fourth-order valence-corrected chi connectivity index (χ4v) is 2.42. The van der Waals surface area contributed by atoms with Gasteiger partial charge in [0.25, 0.3) is 5.91 Å². The number of benzene rings is 2. The van der Waals surface area contributed by atoms with Gasteiger partial charge in [0.1, 0.15) is 5.75 Å². The summed E-state index contributed by atoms with van der Waals surface area (Å²) < 4.78 is 18.8. The summed E-state index contributed by atoms with van der Waals surface area (Å²) in [7, 11) is 1.57. The predicted molar refractivity (Wildman–Crippen MR) is 79.0 cm³/mol. The number of aliphatic hydroxyl groups is 1. The minimum atomic E-state index is -1.77. The maximum Gasteiger partial charge on any atom is 0.251 e. The number of carbonyl (C=O) groups excluding carboxylic acids is 1. The summed E-state index contributed by atoms with van der Waals surface area (Å²) in [6.07, 6.45) is -1.91. The van der Waals surface area contributed by atoms with Gasteiger partial charge in [-0.3, -0.25) is 4.79 Å². The second-order valence-electron chi connectivity index (χ2n) is 4.92. The van der Waals surface area contributed by atoms with Gasteiger partial charge in [-0.2, -0.15) is 0 Å². The Morgan fingerprint density at radius 2 is 2.14 bits per heavy atom. The van der Waals surface area contributed by atoms with E-state index in [-0.39, 0.29) is 13.0 Å². The topological polar surface area (TPSA) is 72.6 Å². The molecule has 0 saturated carbocycles. The molecule has 5 heteroatoms. The lowest BCUT2D eigenvalue weighted by Gasteiger charge is -2.18. The van der Waals surface area contributed by atoms with Gasteiger partial charge in [0.15, 0.2) is 6.17 Å². The van der Waals surface area contributed by atoms with Crippen LogP contribution in [0.25, 0.3) is 10.8 Å². The molecule has 3 N–H and O–H groups in total. The minimum Gasteiger partial charge on any atom is -0.497 e. The molecule has 2 aromatic rings. The first kappa shape index (κ1) is 15.3. The lowest BCUT2D eigenvalue weighted by molar-refractivity contribution is -0.123. The van der Waals surface area contributed by atoms with Crippen LogP contribution in [0.1, 0.15) is 17.9 Å². The van der Waals surface area contributed by atoms with Gasteiger partial charge in [0.05, 0.1) is 13.7 Å². The van der Waals surface area contributed by atoms with E-state index in [1.165, 1.54) is 0 Å². The Morgan fingerprint density at radius 3 is 2.76 bits per heavy atom. The molecule has 21 heavy (non-hydrogen) atoms. The Hall–Kier alpha value is -2.14. The van der Waals surface area contributed by atoms with E-state index in [0.717, 1.165) is 16.3 Å². The van der Waals surface area contributed by atoms with Gasteiger partial charge in [-0.1, -0.05) is 24.3 Å². The van der Waals surface area contributed by atoms with Gasteiger partial charge in [0, 0.05) is 5.92 Å². The highest BCUT2D eigenvalue weighted by Crippen LogP contribution is 2.31. The molecule has 0 bridgehead atoms. The van der Waals surface area contributed by atoms with Gasteiger partial charge in [-0.05, 0) is 34.9 Å². The van der Waals surface area contributed by atoms with Crippen molar-refractivity contribution in [3.8, 4) is 5.75 Å². The molecule has 4 nitrogen and oxygen atoms in total. The highest BCUT2D eigenvalue weighted by Gasteiger charge is 2.22. The zero-order chi connectivity index (χ0) is 15.4. The van der Waals surface area contributed by atoms with E-state index in [0.29, 0.717) is 5.75 Å². The number of halogens is 1. The molecule has 0 radical (unpaired) electrons. The van der Waals surface area contributed by atoms with Crippen LogP contribution in [-0.2, 0) is 4.79 Å². The molecular formula is C16H18FNO3. The smallest absolute Gasteiger partial charge is 0.251 e. The summed E-state index contributed by atoms with van der Waals surface area (Å²) in [6, 6.07) is 11.1. The summed E-state index contributed by atoms with van der Waals surface area (Å²) in [5.74, 6) is -0.826. The third-order valence-corrected chi connectivity index (χ3v) is 3.58. The second kappa shape index (κ2) is 6.54. The number of methoxy groups -OCH3 is 1. The number of nitrogens with two attached hydrogens (primary N) is 1. The fraction of sp³-hybridized carbons (Fsp3) is 0.312. The van der Waals surface area contributed by atoms with Crippen LogP contribution in [0.2, 0.25) is 0 Å². The molecule has 0 aliphatic heterocycles. The molecule has 0 aromatic heterocycles. The number of aliphatic hydroxyl groups excluding tert-OH is 1. The average Bonchev–Trinajstić information content (AvgIpc) is 2.51. The number of amides is 1. The van der Waals surface area contributed by atoms with Crippen molar-refractivity contribution >= 4 is 16.7 Å². The Morgan fingerprint density at radius 1 is 1.38 bits per heavy atom. The standard InChI is InChI=1S/C16H18FNO3/c1-21-12-6-5-10-3-2-4-13(14(10)8-12)11(9-19)7-15(17)16(18)20/h2-6,8,11,15,19H,7,9H2,1H3,(H2,18,20). The summed E-state index contributed by atoms with van der Waals surface area (Å²) in [5.41, 5.74) is 5.74. The Balaban J connectivity index is 2.45. The molecule has 112 valence electrons. The maximum atomic E-state index is 13.6. The lowest BCUT2D eigenvalue weighted by atomic mass is 9.90. The van der Waals surface area contributed by atoms with Gasteiger partial charge >= 0.3 is 0 Å². The summed E-state index contributed by atoms with van der Waals surface area (Å²) in [4.78, 5) is 10.9. The summed E-state index contributed by atoms with van der Waals surface area (Å²) in [5, 5.41) is 11.4. The van der Waals surface area contributed by atoms with Crippen LogP contribution in [0.3, 0.4) is 0 Å². The Labute approximate surface area is 122 Å². The number of alkyl halides is 1. The lowest BCUT2D eigenvalue weighted by Crippen LogP contribution is -2.27. The number of hydrogen-bond acceptors (Lipinski definition) is 3. The van der Waals surface area contributed by atoms with Crippen LogP contribution in [0.4, 0.5) is 4.39 Å². The van der Waals surface area contributed by atoms with E-state index >= 15 is 0 Å². The molecule has 2 rings (SSSR count). The molecule has 0 heterocycles. The number of ether oxygens (including phenoxy) is 1. The minimum absolute atomic E-state index is 0.137. The van der Waals surface area contributed by atoms with Crippen LogP contribution in [0.15, 0.2) is 36.4 Å². The normalized spacial score (nSPS) is 13.9. The first-order valence-corrected chi connectivity index (χ1v) is 6.67. The number of carbonyl (C=O) groups is 1. The first-order valence-electron chi connectivity index (χ1n) is 6.67. The third kappa shape index (κ3) is 3.31. The molecule has 2 atom stereocenters. The number of hydrogen-bond donors (Lipinski definition) is 2. The van der Waals surface area contributed by atoms with Gasteiger partial charge in [-0.25, -0.2) is 4.39 Å². The van der Waals surface area contributed by atoms with Crippen molar-refractivity contribution in [2.24, 2.45) is 5.73 Å². The quantitative estimate of drug-likeness (QED) is 0.856. The maximum absolute atomic E-state index is 13.6. The van der Waals surface area contributed by atoms with Crippen LogP contribution in [-0.4, -0.2) is 30.9 Å². The summed E-state index contributed by atoms with van der Waals surface area (Å²) >= 11 is 0. The number of fused-ring (bicyclic) bond motifs is 1. The highest BCUT2D eigenvalue weighted by atomic mass is 19.1. The fourth-order valence-electron chi connectivity index (χ4n) is 2.42. The highest BCUT2D eigenvalue weighted by molar-refractivity contribution is 5.87. The zero-order valence-corrected chi connectivity index (χ0v) is 11.8. The largest absolute Gasteiger partial charge is 0.497 e. The first-order chi connectivity index (χ1) is 10.1. The van der Waals surface area contributed by atoms with E-state index in [9.17, 15) is 14.3 Å². The zero-order valence-electron chi connectivity index (χ0n) is 11.8. The van der Waals surface area contributed by atoms with Gasteiger partial charge in [0.2, 0.25) is 0 Å². The van der Waals surface area contributed by atoms with E-state index in [4.69, 9.17) is 10.5 Å². The molecule has 0 aliphatic carbocycles. The van der Waals surface area contributed by atoms with Crippen LogP contribution >= 0.6 is 0 Å². The molecule has 0 saturated heterocycles. The Kier molecular flexibility index (Phi) is 4.75. The van der Waals surface area contributed by atoms with Crippen molar-refractivity contribution in [1.29, 1.82) is 0 Å². The van der Waals surface area contributed by atoms with E-state index in [1.54, 1.807) is 7.11 Å². The van der Waals surface area contributed by atoms with Gasteiger partial charge < -0.3 is 15.6 Å². The molecule has 0 spiro atoms. The van der Waals surface area contributed by atoms with Gasteiger partial charge in [-0.15, -0.1) is 0 Å². The van der Waals surface area contributed by atoms with Crippen molar-refractivity contribution in [3.05, 3.63) is 42.0 Å². The van der Waals surface area contributed by atoms with Crippen molar-refractivity contribution in [2.45, 2.75) is 18.5 Å². The van der Waals surface area contributed by atoms with Crippen molar-refractivity contribution in [3.63, 3.8) is 0 Å². The second-order valence-corrected chi connectivity index (χ2v) is 4.92. The average molecular weight is 291 g/mol. The molecule has 1 amide bonds. The SMILES string of the molecule is COc1ccc2cccc(C(CO)CC(F)C(N)=O)c2c1. The van der Waals surface area contributed by atoms with Crippen LogP contribution in [0, 0.1) is 0 Å². The Bertz CT molecular complexity index is 644. The van der Waals surface area contributed by atoms with Crippen molar-refractivity contribution in [2.75, 3.05) is 13.7 Å². The number of rotatable bonds is 6. The van der Waals surface area contributed by atoms with E-state index in [1.807, 2.05) is 36.4 Å². The van der Waals surface area contributed by atoms with E-state index < -0.39 is 18.0 Å². The third-order valence-electron chi connectivity index (χ3n) is 3.58. The predicted octanol–water partition coefficient (Wildman–Crippen LogP) is 2.14. The monoisotopic (exact) mass is 291 g/mol.